The highest BCUT2D eigenvalue weighted by Crippen LogP contribution is 2.25. The molecule has 3 aromatic heterocycles. The fourth-order valence-electron chi connectivity index (χ4n) is 1.97. The molecule has 120 valence electrons. The average Bonchev–Trinajstić information content (AvgIpc) is 3.34. The number of thiophene rings is 1. The monoisotopic (exact) mass is 358 g/mol. The van der Waals surface area contributed by atoms with E-state index in [2.05, 4.69) is 25.7 Å². The van der Waals surface area contributed by atoms with Crippen LogP contribution in [0.1, 0.15) is 5.82 Å². The first kappa shape index (κ1) is 14.8. The Labute approximate surface area is 144 Å². The van der Waals surface area contributed by atoms with Crippen LogP contribution in [0.3, 0.4) is 0 Å². The predicted octanol–water partition coefficient (Wildman–Crippen LogP) is 2.77. The van der Waals surface area contributed by atoms with Crippen LogP contribution >= 0.6 is 23.1 Å². The summed E-state index contributed by atoms with van der Waals surface area (Å²) >= 11 is 2.95. The zero-order valence-corrected chi connectivity index (χ0v) is 13.7. The molecule has 1 N–H and O–H groups in total. The molecule has 4 rings (SSSR count). The molecule has 0 bridgehead atoms. The van der Waals surface area contributed by atoms with Gasteiger partial charge in [-0.05, 0) is 46.1 Å². The Hall–Kier alpha value is -2.72. The van der Waals surface area contributed by atoms with Crippen LogP contribution in [0.4, 0.5) is 0 Å². The number of aromatic hydroxyl groups is 1. The molecule has 0 atom stereocenters. The number of phenols is 1. The molecular formula is C14H10N6O2S2. The second-order valence-corrected chi connectivity index (χ2v) is 6.56. The Balaban J connectivity index is 1.49. The summed E-state index contributed by atoms with van der Waals surface area (Å²) in [5.41, 5.74) is 0.757. The zero-order chi connectivity index (χ0) is 16.4. The van der Waals surface area contributed by atoms with E-state index in [9.17, 15) is 5.11 Å². The van der Waals surface area contributed by atoms with E-state index in [-0.39, 0.29) is 5.75 Å². The Bertz CT molecular complexity index is 933. The van der Waals surface area contributed by atoms with E-state index in [4.69, 9.17) is 4.52 Å². The van der Waals surface area contributed by atoms with Crippen LogP contribution < -0.4 is 0 Å². The lowest BCUT2D eigenvalue weighted by molar-refractivity contribution is 0.426. The van der Waals surface area contributed by atoms with Crippen molar-refractivity contribution < 1.29 is 9.63 Å². The fraction of sp³-hybridized carbons (Fsp3) is 0.0714. The van der Waals surface area contributed by atoms with Gasteiger partial charge in [0.15, 0.2) is 5.82 Å². The minimum Gasteiger partial charge on any atom is -0.508 e. The molecule has 0 aliphatic rings. The lowest BCUT2D eigenvalue weighted by Crippen LogP contribution is -1.99. The van der Waals surface area contributed by atoms with Crippen LogP contribution in [0.15, 0.2) is 51.5 Å². The maximum atomic E-state index is 9.36. The average molecular weight is 358 g/mol. The standard InChI is InChI=1S/C14H10N6O2S2/c21-10-5-3-9(4-6-10)20-14(16-18-19-20)24-8-12-15-13(22-17-12)11-2-1-7-23-11/h1-7,21H,8H2. The molecule has 4 aromatic rings. The summed E-state index contributed by atoms with van der Waals surface area (Å²) in [6.45, 7) is 0. The number of thioether (sulfide) groups is 1. The molecule has 0 aliphatic heterocycles. The van der Waals surface area contributed by atoms with E-state index in [0.29, 0.717) is 22.6 Å². The number of aromatic nitrogens is 6. The van der Waals surface area contributed by atoms with E-state index in [1.165, 1.54) is 11.8 Å². The summed E-state index contributed by atoms with van der Waals surface area (Å²) in [5, 5.41) is 27.6. The van der Waals surface area contributed by atoms with Crippen LogP contribution in [0.25, 0.3) is 16.5 Å². The van der Waals surface area contributed by atoms with Crippen molar-refractivity contribution in [2.75, 3.05) is 0 Å². The van der Waals surface area contributed by atoms with E-state index >= 15 is 0 Å². The van der Waals surface area contributed by atoms with Gasteiger partial charge in [-0.2, -0.15) is 9.67 Å². The number of benzene rings is 1. The number of nitrogens with zero attached hydrogens (tertiary/aromatic N) is 6. The van der Waals surface area contributed by atoms with E-state index < -0.39 is 0 Å². The highest BCUT2D eigenvalue weighted by molar-refractivity contribution is 7.98. The zero-order valence-electron chi connectivity index (χ0n) is 12.1. The summed E-state index contributed by atoms with van der Waals surface area (Å²) in [5.74, 6) is 1.75. The normalized spacial score (nSPS) is 11.0. The largest absolute Gasteiger partial charge is 0.508 e. The molecule has 24 heavy (non-hydrogen) atoms. The Morgan fingerprint density at radius 2 is 2.08 bits per heavy atom. The molecule has 3 heterocycles. The lowest BCUT2D eigenvalue weighted by atomic mass is 10.3. The Kier molecular flexibility index (Phi) is 3.97. The Morgan fingerprint density at radius 3 is 2.88 bits per heavy atom. The maximum absolute atomic E-state index is 9.36. The molecule has 8 nitrogen and oxygen atoms in total. The smallest absolute Gasteiger partial charge is 0.268 e. The second kappa shape index (κ2) is 6.42. The van der Waals surface area contributed by atoms with Crippen molar-refractivity contribution in [3.8, 4) is 22.2 Å². The van der Waals surface area contributed by atoms with E-state index in [0.717, 1.165) is 10.6 Å². The molecule has 0 saturated heterocycles. The number of phenolic OH excluding ortho intramolecular Hbond substituents is 1. The Morgan fingerprint density at radius 1 is 1.21 bits per heavy atom. The van der Waals surface area contributed by atoms with Gasteiger partial charge in [-0.3, -0.25) is 0 Å². The third-order valence-electron chi connectivity index (χ3n) is 3.07. The van der Waals surface area contributed by atoms with Crippen LogP contribution in [0.2, 0.25) is 0 Å². The van der Waals surface area contributed by atoms with E-state index in [1.807, 2.05) is 17.5 Å². The van der Waals surface area contributed by atoms with Crippen LogP contribution in [0.5, 0.6) is 5.75 Å². The number of tetrazole rings is 1. The van der Waals surface area contributed by atoms with Gasteiger partial charge in [-0.1, -0.05) is 23.0 Å². The third kappa shape index (κ3) is 3.01. The summed E-state index contributed by atoms with van der Waals surface area (Å²) in [6, 6.07) is 10.5. The van der Waals surface area contributed by atoms with Gasteiger partial charge >= 0.3 is 0 Å². The van der Waals surface area contributed by atoms with Crippen molar-refractivity contribution in [2.45, 2.75) is 10.9 Å². The number of hydrogen-bond donors (Lipinski definition) is 1. The van der Waals surface area contributed by atoms with Gasteiger partial charge in [0.25, 0.3) is 5.89 Å². The summed E-state index contributed by atoms with van der Waals surface area (Å²) < 4.78 is 6.84. The number of hydrogen-bond acceptors (Lipinski definition) is 9. The molecule has 0 spiro atoms. The first-order chi connectivity index (χ1) is 11.8. The SMILES string of the molecule is Oc1ccc(-n2nnnc2SCc2noc(-c3cccs3)n2)cc1. The lowest BCUT2D eigenvalue weighted by Gasteiger charge is -2.02. The van der Waals surface area contributed by atoms with Crippen molar-refractivity contribution in [3.05, 3.63) is 47.6 Å². The summed E-state index contributed by atoms with van der Waals surface area (Å²) in [6.07, 6.45) is 0. The second-order valence-electron chi connectivity index (χ2n) is 4.67. The highest BCUT2D eigenvalue weighted by atomic mass is 32.2. The first-order valence-corrected chi connectivity index (χ1v) is 8.73. The van der Waals surface area contributed by atoms with Gasteiger partial charge in [-0.25, -0.2) is 0 Å². The molecule has 0 unspecified atom stereocenters. The van der Waals surface area contributed by atoms with Gasteiger partial charge in [0, 0.05) is 0 Å². The summed E-state index contributed by atoms with van der Waals surface area (Å²) in [4.78, 5) is 5.30. The predicted molar refractivity (Wildman–Crippen MR) is 88.0 cm³/mol. The molecule has 1 aromatic carbocycles. The van der Waals surface area contributed by atoms with Crippen molar-refractivity contribution in [2.24, 2.45) is 0 Å². The van der Waals surface area contributed by atoms with Crippen molar-refractivity contribution in [1.29, 1.82) is 0 Å². The van der Waals surface area contributed by atoms with Gasteiger partial charge < -0.3 is 9.63 Å². The molecule has 0 saturated carbocycles. The van der Waals surface area contributed by atoms with Gasteiger partial charge in [0.05, 0.1) is 16.3 Å². The van der Waals surface area contributed by atoms with Gasteiger partial charge in [0.1, 0.15) is 5.75 Å². The van der Waals surface area contributed by atoms with Crippen molar-refractivity contribution in [1.82, 2.24) is 30.3 Å². The quantitative estimate of drug-likeness (QED) is 0.543. The van der Waals surface area contributed by atoms with Crippen LogP contribution in [-0.2, 0) is 5.75 Å². The van der Waals surface area contributed by atoms with Gasteiger partial charge in [0.2, 0.25) is 5.16 Å². The summed E-state index contributed by atoms with van der Waals surface area (Å²) in [7, 11) is 0. The molecule has 0 aliphatic carbocycles. The number of rotatable bonds is 5. The molecular weight excluding hydrogens is 348 g/mol. The maximum Gasteiger partial charge on any atom is 0.268 e. The van der Waals surface area contributed by atoms with Crippen LogP contribution in [-0.4, -0.2) is 35.5 Å². The minimum atomic E-state index is 0.189. The first-order valence-electron chi connectivity index (χ1n) is 6.86. The molecule has 0 fully saturated rings. The fourth-order valence-corrected chi connectivity index (χ4v) is 3.35. The van der Waals surface area contributed by atoms with E-state index in [1.54, 1.807) is 40.3 Å². The highest BCUT2D eigenvalue weighted by Gasteiger charge is 2.13. The van der Waals surface area contributed by atoms with Crippen molar-refractivity contribution >= 4 is 23.1 Å². The third-order valence-corrected chi connectivity index (χ3v) is 4.84. The van der Waals surface area contributed by atoms with Gasteiger partial charge in [-0.15, -0.1) is 16.4 Å². The molecule has 0 amide bonds. The molecule has 0 radical (unpaired) electrons. The topological polar surface area (TPSA) is 103 Å². The molecule has 10 heteroatoms. The van der Waals surface area contributed by atoms with Crippen LogP contribution in [0, 0.1) is 0 Å². The van der Waals surface area contributed by atoms with Crippen molar-refractivity contribution in [3.63, 3.8) is 0 Å². The minimum absolute atomic E-state index is 0.189.